The summed E-state index contributed by atoms with van der Waals surface area (Å²) in [6.07, 6.45) is 0.593. The predicted molar refractivity (Wildman–Crippen MR) is 78.6 cm³/mol. The average Bonchev–Trinajstić information content (AvgIpc) is 2.43. The molecule has 7 heteroatoms. The third kappa shape index (κ3) is 5.11. The normalized spacial score (nSPS) is 13.0. The van der Waals surface area contributed by atoms with E-state index in [-0.39, 0.29) is 17.0 Å². The third-order valence-electron chi connectivity index (χ3n) is 2.99. The van der Waals surface area contributed by atoms with Crippen molar-refractivity contribution in [2.45, 2.75) is 37.7 Å². The molecule has 1 atom stereocenters. The second-order valence-corrected chi connectivity index (χ2v) is 6.60. The lowest BCUT2D eigenvalue weighted by Crippen LogP contribution is -2.26. The number of nitrogens with one attached hydrogen (secondary N) is 1. The number of ether oxygens (including phenoxy) is 1. The van der Waals surface area contributed by atoms with Crippen molar-refractivity contribution in [1.29, 1.82) is 0 Å². The average molecular weight is 315 g/mol. The van der Waals surface area contributed by atoms with Gasteiger partial charge in [0.05, 0.1) is 23.7 Å². The molecule has 0 aliphatic heterocycles. The molecule has 0 aromatic heterocycles. The highest BCUT2D eigenvalue weighted by atomic mass is 32.2. The van der Waals surface area contributed by atoms with Crippen LogP contribution in [0.4, 0.5) is 0 Å². The van der Waals surface area contributed by atoms with Crippen molar-refractivity contribution in [2.75, 3.05) is 13.7 Å². The van der Waals surface area contributed by atoms with Crippen LogP contribution in [0, 0.1) is 6.92 Å². The number of aryl methyl sites for hydroxylation is 1. The molecule has 1 aromatic carbocycles. The van der Waals surface area contributed by atoms with Crippen LogP contribution in [0.3, 0.4) is 0 Å². The van der Waals surface area contributed by atoms with Crippen LogP contribution in [0.5, 0.6) is 0 Å². The Bertz CT molecular complexity index is 595. The molecule has 0 bridgehead atoms. The first-order valence-corrected chi connectivity index (χ1v) is 8.13. The summed E-state index contributed by atoms with van der Waals surface area (Å²) in [5, 5.41) is 9.14. The van der Waals surface area contributed by atoms with Gasteiger partial charge in [-0.1, -0.05) is 6.07 Å². The maximum Gasteiger partial charge on any atom is 0.337 e. The van der Waals surface area contributed by atoms with Gasteiger partial charge in [-0.3, -0.25) is 0 Å². The Morgan fingerprint density at radius 1 is 1.43 bits per heavy atom. The van der Waals surface area contributed by atoms with Crippen molar-refractivity contribution in [3.63, 3.8) is 0 Å². The second-order valence-electron chi connectivity index (χ2n) is 4.86. The highest BCUT2D eigenvalue weighted by Crippen LogP contribution is 2.17. The first kappa shape index (κ1) is 17.6. The number of methoxy groups -OCH3 is 1. The van der Waals surface area contributed by atoms with Crippen molar-refractivity contribution in [3.05, 3.63) is 29.3 Å². The lowest BCUT2D eigenvalue weighted by Gasteiger charge is -2.11. The molecular weight excluding hydrogens is 294 g/mol. The number of sulfonamides is 1. The minimum Gasteiger partial charge on any atom is -0.465 e. The molecule has 0 aliphatic carbocycles. The number of carbonyl (C=O) groups excluding carboxylic acids is 1. The number of carbonyl (C=O) groups is 1. The highest BCUT2D eigenvalue weighted by Gasteiger charge is 2.19. The van der Waals surface area contributed by atoms with Crippen molar-refractivity contribution < 1.29 is 23.1 Å². The van der Waals surface area contributed by atoms with Crippen LogP contribution < -0.4 is 4.72 Å². The Morgan fingerprint density at radius 3 is 2.67 bits per heavy atom. The molecule has 0 radical (unpaired) electrons. The highest BCUT2D eigenvalue weighted by molar-refractivity contribution is 7.89. The quantitative estimate of drug-likeness (QED) is 0.583. The fourth-order valence-electron chi connectivity index (χ4n) is 1.82. The summed E-state index contributed by atoms with van der Waals surface area (Å²) in [5.41, 5.74) is 0.734. The SMILES string of the molecule is COC(=O)c1ccc(C)c(S(=O)(=O)NCCCC(C)O)c1. The van der Waals surface area contributed by atoms with Gasteiger partial charge in [-0.2, -0.15) is 0 Å². The van der Waals surface area contributed by atoms with Gasteiger partial charge in [0.15, 0.2) is 0 Å². The Hall–Kier alpha value is -1.44. The van der Waals surface area contributed by atoms with E-state index in [0.717, 1.165) is 0 Å². The summed E-state index contributed by atoms with van der Waals surface area (Å²) in [4.78, 5) is 11.5. The largest absolute Gasteiger partial charge is 0.465 e. The van der Waals surface area contributed by atoms with Crippen LogP contribution in [0.2, 0.25) is 0 Å². The Balaban J connectivity index is 2.89. The van der Waals surface area contributed by atoms with E-state index in [1.165, 1.54) is 19.2 Å². The molecule has 0 spiro atoms. The molecule has 0 fully saturated rings. The number of aliphatic hydroxyl groups is 1. The maximum atomic E-state index is 12.2. The third-order valence-corrected chi connectivity index (χ3v) is 4.59. The number of rotatable bonds is 7. The van der Waals surface area contributed by atoms with Gasteiger partial charge in [-0.25, -0.2) is 17.9 Å². The van der Waals surface area contributed by atoms with Crippen molar-refractivity contribution in [3.8, 4) is 0 Å². The zero-order chi connectivity index (χ0) is 16.0. The number of aliphatic hydroxyl groups excluding tert-OH is 1. The molecule has 118 valence electrons. The van der Waals surface area contributed by atoms with Crippen molar-refractivity contribution in [2.24, 2.45) is 0 Å². The monoisotopic (exact) mass is 315 g/mol. The van der Waals surface area contributed by atoms with E-state index in [9.17, 15) is 13.2 Å². The van der Waals surface area contributed by atoms with E-state index < -0.39 is 22.1 Å². The van der Waals surface area contributed by atoms with E-state index >= 15 is 0 Å². The molecule has 0 saturated carbocycles. The number of hydrogen-bond acceptors (Lipinski definition) is 5. The van der Waals surface area contributed by atoms with Gasteiger partial charge in [0.25, 0.3) is 0 Å². The fourth-order valence-corrected chi connectivity index (χ4v) is 3.16. The molecule has 1 unspecified atom stereocenters. The molecule has 2 N–H and O–H groups in total. The minimum absolute atomic E-state index is 0.0578. The smallest absolute Gasteiger partial charge is 0.337 e. The van der Waals surface area contributed by atoms with Gasteiger partial charge in [0.1, 0.15) is 0 Å². The number of hydrogen-bond donors (Lipinski definition) is 2. The maximum absolute atomic E-state index is 12.2. The van der Waals surface area contributed by atoms with Gasteiger partial charge in [0.2, 0.25) is 10.0 Å². The van der Waals surface area contributed by atoms with Crippen LogP contribution in [-0.4, -0.2) is 39.3 Å². The van der Waals surface area contributed by atoms with Gasteiger partial charge < -0.3 is 9.84 Å². The van der Waals surface area contributed by atoms with E-state index in [1.54, 1.807) is 19.9 Å². The van der Waals surface area contributed by atoms with E-state index in [1.807, 2.05) is 0 Å². The molecule has 0 amide bonds. The van der Waals surface area contributed by atoms with E-state index in [2.05, 4.69) is 9.46 Å². The summed E-state index contributed by atoms with van der Waals surface area (Å²) >= 11 is 0. The summed E-state index contributed by atoms with van der Waals surface area (Å²) in [5.74, 6) is -0.583. The standard InChI is InChI=1S/C14H21NO5S/c1-10-6-7-12(14(17)20-3)9-13(10)21(18,19)15-8-4-5-11(2)16/h6-7,9,11,15-16H,4-5,8H2,1-3H3. The van der Waals surface area contributed by atoms with Crippen molar-refractivity contribution >= 4 is 16.0 Å². The molecule has 6 nitrogen and oxygen atoms in total. The van der Waals surface area contributed by atoms with Gasteiger partial charge >= 0.3 is 5.97 Å². The van der Waals surface area contributed by atoms with Gasteiger partial charge in [-0.15, -0.1) is 0 Å². The molecular formula is C14H21NO5S. The Morgan fingerprint density at radius 2 is 2.10 bits per heavy atom. The molecule has 0 aliphatic rings. The lowest BCUT2D eigenvalue weighted by molar-refractivity contribution is 0.0600. The van der Waals surface area contributed by atoms with Crippen LogP contribution in [0.25, 0.3) is 0 Å². The minimum atomic E-state index is -3.69. The molecule has 1 rings (SSSR count). The van der Waals surface area contributed by atoms with Gasteiger partial charge in [-0.05, 0) is 44.4 Å². The number of benzene rings is 1. The Labute approximate surface area is 125 Å². The summed E-state index contributed by atoms with van der Waals surface area (Å²) in [7, 11) is -2.45. The molecule has 0 heterocycles. The van der Waals surface area contributed by atoms with E-state index in [4.69, 9.17) is 5.11 Å². The van der Waals surface area contributed by atoms with Crippen LogP contribution in [0.15, 0.2) is 23.1 Å². The topological polar surface area (TPSA) is 92.7 Å². The Kier molecular flexibility index (Phi) is 6.32. The van der Waals surface area contributed by atoms with Crippen molar-refractivity contribution in [1.82, 2.24) is 4.72 Å². The zero-order valence-corrected chi connectivity index (χ0v) is 13.2. The van der Waals surface area contributed by atoms with Crippen LogP contribution in [-0.2, 0) is 14.8 Å². The van der Waals surface area contributed by atoms with Crippen LogP contribution >= 0.6 is 0 Å². The second kappa shape index (κ2) is 7.53. The lowest BCUT2D eigenvalue weighted by atomic mass is 10.1. The first-order valence-electron chi connectivity index (χ1n) is 6.64. The zero-order valence-electron chi connectivity index (χ0n) is 12.4. The molecule has 1 aromatic rings. The summed E-state index contributed by atoms with van der Waals surface area (Å²) in [6.45, 7) is 3.54. The summed E-state index contributed by atoms with van der Waals surface area (Å²) < 4.78 is 31.5. The number of esters is 1. The fraction of sp³-hybridized carbons (Fsp3) is 0.500. The first-order chi connectivity index (χ1) is 9.77. The van der Waals surface area contributed by atoms with Crippen LogP contribution in [0.1, 0.15) is 35.7 Å². The van der Waals surface area contributed by atoms with Gasteiger partial charge in [0, 0.05) is 6.54 Å². The molecule has 0 saturated heterocycles. The predicted octanol–water partition coefficient (Wildman–Crippen LogP) is 1.22. The molecule has 21 heavy (non-hydrogen) atoms. The summed E-state index contributed by atoms with van der Waals surface area (Å²) in [6, 6.07) is 4.39. The van der Waals surface area contributed by atoms with E-state index in [0.29, 0.717) is 18.4 Å².